The van der Waals surface area contributed by atoms with Gasteiger partial charge in [0.2, 0.25) is 0 Å². The summed E-state index contributed by atoms with van der Waals surface area (Å²) in [5.74, 6) is -0.0494. The molecule has 1 aliphatic rings. The number of carbonyl (C=O) groups is 1. The van der Waals surface area contributed by atoms with Crippen LogP contribution in [0.4, 0.5) is 0 Å². The first-order chi connectivity index (χ1) is 10.1. The number of thioether (sulfide) groups is 1. The molecule has 1 amide bonds. The summed E-state index contributed by atoms with van der Waals surface area (Å²) in [6, 6.07) is 7.52. The molecule has 0 aliphatic heterocycles. The van der Waals surface area contributed by atoms with E-state index in [0.29, 0.717) is 5.02 Å². The Morgan fingerprint density at radius 1 is 1.19 bits per heavy atom. The lowest BCUT2D eigenvalue weighted by Crippen LogP contribution is -2.27. The van der Waals surface area contributed by atoms with Gasteiger partial charge in [0.1, 0.15) is 0 Å². The van der Waals surface area contributed by atoms with E-state index in [-0.39, 0.29) is 11.2 Å². The molecule has 5 heteroatoms. The van der Waals surface area contributed by atoms with Crippen molar-refractivity contribution in [2.45, 2.75) is 55.6 Å². The normalized spacial score (nSPS) is 17.0. The van der Waals surface area contributed by atoms with Crippen molar-refractivity contribution in [2.24, 2.45) is 5.10 Å². The molecule has 21 heavy (non-hydrogen) atoms. The molecule has 0 heterocycles. The predicted octanol–water partition coefficient (Wildman–Crippen LogP) is 4.65. The molecule has 0 bridgehead atoms. The first-order valence-electron chi connectivity index (χ1n) is 7.42. The standard InChI is InChI=1S/C16H21ClN2OS/c1-12(21-15-10-8-13(17)9-11-15)16(20)19-18-14-6-4-2-3-5-7-14/h8-12H,2-7H2,1H3,(H,19,20)/t12-/m0/s1. The molecule has 3 nitrogen and oxygen atoms in total. The molecule has 1 aromatic rings. The number of amides is 1. The second-order valence-electron chi connectivity index (χ2n) is 5.28. The summed E-state index contributed by atoms with van der Waals surface area (Å²) in [6.45, 7) is 1.89. The Bertz CT molecular complexity index is 492. The van der Waals surface area contributed by atoms with Gasteiger partial charge in [0.15, 0.2) is 0 Å². The van der Waals surface area contributed by atoms with E-state index in [1.165, 1.54) is 37.4 Å². The maximum absolute atomic E-state index is 12.1. The van der Waals surface area contributed by atoms with E-state index in [9.17, 15) is 4.79 Å². The van der Waals surface area contributed by atoms with Crippen LogP contribution in [0.15, 0.2) is 34.3 Å². The fourth-order valence-corrected chi connectivity index (χ4v) is 3.23. The summed E-state index contributed by atoms with van der Waals surface area (Å²) in [7, 11) is 0. The van der Waals surface area contributed by atoms with Gasteiger partial charge in [-0.1, -0.05) is 24.4 Å². The van der Waals surface area contributed by atoms with Crippen LogP contribution in [-0.4, -0.2) is 16.9 Å². The van der Waals surface area contributed by atoms with E-state index in [1.807, 2.05) is 31.2 Å². The molecule has 0 unspecified atom stereocenters. The number of hydrazone groups is 1. The number of benzene rings is 1. The zero-order valence-corrected chi connectivity index (χ0v) is 13.8. The number of nitrogens with zero attached hydrogens (tertiary/aromatic N) is 1. The Hall–Kier alpha value is -1.00. The maximum atomic E-state index is 12.1. The van der Waals surface area contributed by atoms with Crippen LogP contribution in [0.25, 0.3) is 0 Å². The molecule has 2 rings (SSSR count). The van der Waals surface area contributed by atoms with Crippen LogP contribution < -0.4 is 5.43 Å². The van der Waals surface area contributed by atoms with E-state index in [4.69, 9.17) is 11.6 Å². The quantitative estimate of drug-likeness (QED) is 0.497. The Morgan fingerprint density at radius 3 is 2.43 bits per heavy atom. The van der Waals surface area contributed by atoms with Crippen molar-refractivity contribution in [3.05, 3.63) is 29.3 Å². The van der Waals surface area contributed by atoms with Gasteiger partial charge in [-0.25, -0.2) is 5.43 Å². The van der Waals surface area contributed by atoms with E-state index < -0.39 is 0 Å². The largest absolute Gasteiger partial charge is 0.272 e. The van der Waals surface area contributed by atoms with E-state index >= 15 is 0 Å². The van der Waals surface area contributed by atoms with Gasteiger partial charge in [0.05, 0.1) is 5.25 Å². The Morgan fingerprint density at radius 2 is 1.81 bits per heavy atom. The van der Waals surface area contributed by atoms with Gasteiger partial charge in [-0.05, 0) is 56.9 Å². The molecule has 1 aromatic carbocycles. The molecule has 1 fully saturated rings. The molecule has 114 valence electrons. The van der Waals surface area contributed by atoms with Crippen molar-refractivity contribution >= 4 is 35.0 Å². The maximum Gasteiger partial charge on any atom is 0.253 e. The van der Waals surface area contributed by atoms with Crippen molar-refractivity contribution in [3.8, 4) is 0 Å². The van der Waals surface area contributed by atoms with Gasteiger partial charge in [-0.2, -0.15) is 5.10 Å². The Balaban J connectivity index is 1.84. The summed E-state index contributed by atoms with van der Waals surface area (Å²) >= 11 is 7.36. The minimum atomic E-state index is -0.179. The number of carbonyl (C=O) groups excluding carboxylic acids is 1. The first kappa shape index (κ1) is 16.4. The van der Waals surface area contributed by atoms with Crippen LogP contribution in [0.1, 0.15) is 45.4 Å². The van der Waals surface area contributed by atoms with Crippen LogP contribution in [-0.2, 0) is 4.79 Å². The van der Waals surface area contributed by atoms with Gasteiger partial charge in [0.25, 0.3) is 5.91 Å². The smallest absolute Gasteiger partial charge is 0.253 e. The lowest BCUT2D eigenvalue weighted by molar-refractivity contribution is -0.120. The van der Waals surface area contributed by atoms with Crippen molar-refractivity contribution in [3.63, 3.8) is 0 Å². The van der Waals surface area contributed by atoms with E-state index in [0.717, 1.165) is 23.4 Å². The monoisotopic (exact) mass is 324 g/mol. The molecule has 1 saturated carbocycles. The molecular weight excluding hydrogens is 304 g/mol. The van der Waals surface area contributed by atoms with Gasteiger partial charge >= 0.3 is 0 Å². The molecule has 1 atom stereocenters. The molecule has 0 spiro atoms. The van der Waals surface area contributed by atoms with Gasteiger partial charge in [-0.3, -0.25) is 4.79 Å². The van der Waals surface area contributed by atoms with E-state index in [2.05, 4.69) is 10.5 Å². The highest BCUT2D eigenvalue weighted by Gasteiger charge is 2.14. The molecular formula is C16H21ClN2OS. The average molecular weight is 325 g/mol. The van der Waals surface area contributed by atoms with Crippen LogP contribution in [0.3, 0.4) is 0 Å². The van der Waals surface area contributed by atoms with E-state index in [1.54, 1.807) is 0 Å². The van der Waals surface area contributed by atoms with Crippen molar-refractivity contribution in [2.75, 3.05) is 0 Å². The average Bonchev–Trinajstić information content (AvgIpc) is 2.75. The first-order valence-corrected chi connectivity index (χ1v) is 8.68. The summed E-state index contributed by atoms with van der Waals surface area (Å²) in [4.78, 5) is 13.1. The van der Waals surface area contributed by atoms with Crippen LogP contribution in [0.5, 0.6) is 0 Å². The predicted molar refractivity (Wildman–Crippen MR) is 90.1 cm³/mol. The van der Waals surface area contributed by atoms with Crippen LogP contribution in [0.2, 0.25) is 5.02 Å². The Kier molecular flexibility index (Phi) is 6.58. The molecule has 1 aliphatic carbocycles. The third-order valence-electron chi connectivity index (χ3n) is 3.50. The van der Waals surface area contributed by atoms with Crippen LogP contribution in [0, 0.1) is 0 Å². The summed E-state index contributed by atoms with van der Waals surface area (Å²) in [6.07, 6.45) is 6.94. The number of halogens is 1. The van der Waals surface area contributed by atoms with Crippen molar-refractivity contribution in [1.29, 1.82) is 0 Å². The SMILES string of the molecule is C[C@H](Sc1ccc(Cl)cc1)C(=O)NN=C1CCCCCC1. The fraction of sp³-hybridized carbons (Fsp3) is 0.500. The molecule has 0 saturated heterocycles. The molecule has 0 aromatic heterocycles. The number of rotatable bonds is 4. The topological polar surface area (TPSA) is 41.5 Å². The fourth-order valence-electron chi connectivity index (χ4n) is 2.24. The molecule has 1 N–H and O–H groups in total. The second kappa shape index (κ2) is 8.44. The third kappa shape index (κ3) is 5.71. The number of hydrogen-bond donors (Lipinski definition) is 1. The summed E-state index contributed by atoms with van der Waals surface area (Å²) < 4.78 is 0. The number of nitrogens with one attached hydrogen (secondary N) is 1. The minimum Gasteiger partial charge on any atom is -0.272 e. The van der Waals surface area contributed by atoms with Gasteiger partial charge in [-0.15, -0.1) is 11.8 Å². The van der Waals surface area contributed by atoms with Crippen LogP contribution >= 0.6 is 23.4 Å². The zero-order chi connectivity index (χ0) is 15.1. The summed E-state index contributed by atoms with van der Waals surface area (Å²) in [5.41, 5.74) is 3.84. The number of hydrogen-bond acceptors (Lipinski definition) is 3. The van der Waals surface area contributed by atoms with Gasteiger partial charge in [0, 0.05) is 15.6 Å². The van der Waals surface area contributed by atoms with Crippen molar-refractivity contribution < 1.29 is 4.79 Å². The lowest BCUT2D eigenvalue weighted by atomic mass is 10.2. The second-order valence-corrected chi connectivity index (χ2v) is 7.13. The lowest BCUT2D eigenvalue weighted by Gasteiger charge is -2.10. The summed E-state index contributed by atoms with van der Waals surface area (Å²) in [5, 5.41) is 4.83. The Labute approximate surface area is 135 Å². The molecule has 0 radical (unpaired) electrons. The highest BCUT2D eigenvalue weighted by Crippen LogP contribution is 2.24. The van der Waals surface area contributed by atoms with Gasteiger partial charge < -0.3 is 0 Å². The third-order valence-corrected chi connectivity index (χ3v) is 4.86. The highest BCUT2D eigenvalue weighted by atomic mass is 35.5. The minimum absolute atomic E-state index is 0.0494. The van der Waals surface area contributed by atoms with Crippen molar-refractivity contribution in [1.82, 2.24) is 5.43 Å². The zero-order valence-electron chi connectivity index (χ0n) is 12.3. The highest BCUT2D eigenvalue weighted by molar-refractivity contribution is 8.00.